The van der Waals surface area contributed by atoms with Gasteiger partial charge >= 0.3 is 0 Å². The van der Waals surface area contributed by atoms with Gasteiger partial charge < -0.3 is 4.74 Å². The van der Waals surface area contributed by atoms with Crippen LogP contribution in [0, 0.1) is 3.57 Å². The van der Waals surface area contributed by atoms with E-state index < -0.39 is 0 Å². The summed E-state index contributed by atoms with van der Waals surface area (Å²) in [6, 6.07) is 15.6. The zero-order valence-corrected chi connectivity index (χ0v) is 11.8. The first kappa shape index (κ1) is 11.7. The number of benzene rings is 2. The maximum Gasteiger partial charge on any atom is 0.170 e. The Bertz CT molecular complexity index is 593. The quantitative estimate of drug-likeness (QED) is 0.727. The molecule has 2 aromatic carbocycles. The second-order valence-electron chi connectivity index (χ2n) is 4.28. The van der Waals surface area contributed by atoms with Crippen molar-refractivity contribution < 1.29 is 9.53 Å². The predicted molar refractivity (Wildman–Crippen MR) is 77.9 cm³/mol. The minimum Gasteiger partial charge on any atom is -0.484 e. The third-order valence-electron chi connectivity index (χ3n) is 3.06. The highest BCUT2D eigenvalue weighted by molar-refractivity contribution is 14.1. The number of hydrogen-bond acceptors (Lipinski definition) is 2. The van der Waals surface area contributed by atoms with E-state index in [-0.39, 0.29) is 11.9 Å². The first-order valence-electron chi connectivity index (χ1n) is 5.78. The van der Waals surface area contributed by atoms with E-state index in [2.05, 4.69) is 22.6 Å². The van der Waals surface area contributed by atoms with Crippen molar-refractivity contribution >= 4 is 28.4 Å². The van der Waals surface area contributed by atoms with Gasteiger partial charge in [-0.1, -0.05) is 30.3 Å². The van der Waals surface area contributed by atoms with Gasteiger partial charge in [0, 0.05) is 3.57 Å². The van der Waals surface area contributed by atoms with Gasteiger partial charge in [0.1, 0.15) is 11.9 Å². The number of fused-ring (bicyclic) bond motifs is 1. The van der Waals surface area contributed by atoms with Crippen LogP contribution in [-0.4, -0.2) is 5.78 Å². The summed E-state index contributed by atoms with van der Waals surface area (Å²) in [5, 5.41) is 0. The molecule has 2 nitrogen and oxygen atoms in total. The molecular formula is C15H11IO2. The van der Waals surface area contributed by atoms with Crippen molar-refractivity contribution in [3.05, 3.63) is 63.2 Å². The van der Waals surface area contributed by atoms with Gasteiger partial charge in [-0.3, -0.25) is 4.79 Å². The van der Waals surface area contributed by atoms with Gasteiger partial charge in [-0.2, -0.15) is 0 Å². The SMILES string of the molecule is O=C1C[C@@H](c2ccccc2)Oc2cc(I)ccc21. The Morgan fingerprint density at radius 1 is 1.11 bits per heavy atom. The monoisotopic (exact) mass is 350 g/mol. The van der Waals surface area contributed by atoms with Crippen LogP contribution in [0.25, 0.3) is 0 Å². The van der Waals surface area contributed by atoms with Crippen LogP contribution < -0.4 is 4.74 Å². The average molecular weight is 350 g/mol. The van der Waals surface area contributed by atoms with Crippen LogP contribution in [0.5, 0.6) is 5.75 Å². The van der Waals surface area contributed by atoms with Crippen molar-refractivity contribution in [2.45, 2.75) is 12.5 Å². The van der Waals surface area contributed by atoms with Crippen LogP contribution in [0.2, 0.25) is 0 Å². The van der Waals surface area contributed by atoms with Crippen molar-refractivity contribution in [2.75, 3.05) is 0 Å². The molecule has 18 heavy (non-hydrogen) atoms. The topological polar surface area (TPSA) is 26.3 Å². The van der Waals surface area contributed by atoms with Crippen molar-refractivity contribution in [3.8, 4) is 5.75 Å². The van der Waals surface area contributed by atoms with Crippen molar-refractivity contribution in [1.82, 2.24) is 0 Å². The molecule has 0 aliphatic carbocycles. The lowest BCUT2D eigenvalue weighted by molar-refractivity contribution is 0.0850. The standard InChI is InChI=1S/C15H11IO2/c16-11-6-7-12-13(17)9-14(18-15(12)8-11)10-4-2-1-3-5-10/h1-8,14H,9H2/t14-/m0/s1. The van der Waals surface area contributed by atoms with E-state index in [4.69, 9.17) is 4.74 Å². The third kappa shape index (κ3) is 2.14. The lowest BCUT2D eigenvalue weighted by atomic mass is 9.96. The van der Waals surface area contributed by atoms with Crippen LogP contribution in [0.1, 0.15) is 28.4 Å². The fraction of sp³-hybridized carbons (Fsp3) is 0.133. The van der Waals surface area contributed by atoms with Crippen LogP contribution in [-0.2, 0) is 0 Å². The number of ketones is 1. The summed E-state index contributed by atoms with van der Waals surface area (Å²) in [7, 11) is 0. The number of ether oxygens (including phenoxy) is 1. The maximum atomic E-state index is 12.1. The van der Waals surface area contributed by atoms with Gasteiger partial charge in [0.2, 0.25) is 0 Å². The molecule has 1 aliphatic heterocycles. The summed E-state index contributed by atoms with van der Waals surface area (Å²) in [6.07, 6.45) is 0.252. The molecule has 0 bridgehead atoms. The Morgan fingerprint density at radius 2 is 1.89 bits per heavy atom. The first-order chi connectivity index (χ1) is 8.74. The van der Waals surface area contributed by atoms with Crippen molar-refractivity contribution in [2.24, 2.45) is 0 Å². The van der Waals surface area contributed by atoms with Crippen LogP contribution in [0.4, 0.5) is 0 Å². The zero-order chi connectivity index (χ0) is 12.5. The molecule has 0 amide bonds. The fourth-order valence-corrected chi connectivity index (χ4v) is 2.61. The molecule has 0 unspecified atom stereocenters. The molecule has 0 N–H and O–H groups in total. The average Bonchev–Trinajstić information content (AvgIpc) is 2.39. The number of rotatable bonds is 1. The van der Waals surface area contributed by atoms with Crippen molar-refractivity contribution in [1.29, 1.82) is 0 Å². The largest absolute Gasteiger partial charge is 0.484 e. The minimum atomic E-state index is -0.163. The zero-order valence-electron chi connectivity index (χ0n) is 9.60. The smallest absolute Gasteiger partial charge is 0.170 e. The molecule has 2 aromatic rings. The normalized spacial score (nSPS) is 18.1. The third-order valence-corrected chi connectivity index (χ3v) is 3.73. The lowest BCUT2D eigenvalue weighted by Gasteiger charge is -2.25. The molecule has 1 atom stereocenters. The maximum absolute atomic E-state index is 12.1. The summed E-state index contributed by atoms with van der Waals surface area (Å²) in [6.45, 7) is 0. The Labute approximate surface area is 119 Å². The Morgan fingerprint density at radius 3 is 2.67 bits per heavy atom. The molecule has 1 aliphatic rings. The Kier molecular flexibility index (Phi) is 3.07. The number of Topliss-reactive ketones (excluding diaryl/α,β-unsaturated/α-hetero) is 1. The van der Waals surface area contributed by atoms with Gasteiger partial charge in [-0.25, -0.2) is 0 Å². The second-order valence-corrected chi connectivity index (χ2v) is 5.53. The Balaban J connectivity index is 1.98. The second kappa shape index (κ2) is 4.72. The number of carbonyl (C=O) groups excluding carboxylic acids is 1. The molecule has 3 rings (SSSR count). The van der Waals surface area contributed by atoms with Gasteiger partial charge in [-0.15, -0.1) is 0 Å². The molecule has 3 heteroatoms. The van der Waals surface area contributed by atoms with E-state index in [1.807, 2.05) is 48.5 Å². The molecule has 0 saturated carbocycles. The van der Waals surface area contributed by atoms with E-state index in [1.54, 1.807) is 0 Å². The number of halogens is 1. The van der Waals surface area contributed by atoms with Crippen LogP contribution >= 0.6 is 22.6 Å². The molecular weight excluding hydrogens is 339 g/mol. The Hall–Kier alpha value is -1.36. The van der Waals surface area contributed by atoms with E-state index in [1.165, 1.54) is 0 Å². The van der Waals surface area contributed by atoms with Crippen LogP contribution in [0.3, 0.4) is 0 Å². The summed E-state index contributed by atoms with van der Waals surface area (Å²) in [5.41, 5.74) is 1.75. The molecule has 1 heterocycles. The summed E-state index contributed by atoms with van der Waals surface area (Å²) < 4.78 is 7.02. The highest BCUT2D eigenvalue weighted by Crippen LogP contribution is 2.35. The van der Waals surface area contributed by atoms with E-state index in [9.17, 15) is 4.79 Å². The van der Waals surface area contributed by atoms with Crippen LogP contribution in [0.15, 0.2) is 48.5 Å². The molecule has 0 fully saturated rings. The van der Waals surface area contributed by atoms with E-state index in [0.717, 1.165) is 9.13 Å². The van der Waals surface area contributed by atoms with E-state index in [0.29, 0.717) is 17.7 Å². The van der Waals surface area contributed by atoms with Gasteiger partial charge in [0.05, 0.1) is 12.0 Å². The summed E-state index contributed by atoms with van der Waals surface area (Å²) in [5.74, 6) is 0.855. The number of carbonyl (C=O) groups is 1. The lowest BCUT2D eigenvalue weighted by Crippen LogP contribution is -2.20. The summed E-state index contributed by atoms with van der Waals surface area (Å²) in [4.78, 5) is 12.1. The van der Waals surface area contributed by atoms with Crippen molar-refractivity contribution in [3.63, 3.8) is 0 Å². The minimum absolute atomic E-state index is 0.154. The first-order valence-corrected chi connectivity index (χ1v) is 6.86. The van der Waals surface area contributed by atoms with Gasteiger partial charge in [0.15, 0.2) is 5.78 Å². The molecule has 0 aromatic heterocycles. The predicted octanol–water partition coefficient (Wildman–Crippen LogP) is 4.00. The molecule has 90 valence electrons. The van der Waals surface area contributed by atoms with E-state index >= 15 is 0 Å². The molecule has 0 radical (unpaired) electrons. The fourth-order valence-electron chi connectivity index (χ4n) is 2.15. The van der Waals surface area contributed by atoms with Gasteiger partial charge in [-0.05, 0) is 46.4 Å². The number of hydrogen-bond donors (Lipinski definition) is 0. The summed E-state index contributed by atoms with van der Waals surface area (Å²) >= 11 is 2.22. The van der Waals surface area contributed by atoms with Gasteiger partial charge in [0.25, 0.3) is 0 Å². The highest BCUT2D eigenvalue weighted by Gasteiger charge is 2.27. The molecule has 0 spiro atoms. The molecule has 0 saturated heterocycles. The highest BCUT2D eigenvalue weighted by atomic mass is 127.